The van der Waals surface area contributed by atoms with E-state index in [1.165, 1.54) is 18.4 Å². The summed E-state index contributed by atoms with van der Waals surface area (Å²) in [6, 6.07) is 11.6. The van der Waals surface area contributed by atoms with Crippen LogP contribution < -0.4 is 20.5 Å². The summed E-state index contributed by atoms with van der Waals surface area (Å²) < 4.78 is 16.1. The second kappa shape index (κ2) is 9.42. The van der Waals surface area contributed by atoms with Gasteiger partial charge < -0.3 is 25.3 Å². The van der Waals surface area contributed by atoms with Gasteiger partial charge in [0.2, 0.25) is 0 Å². The van der Waals surface area contributed by atoms with Gasteiger partial charge in [-0.25, -0.2) is 4.79 Å². The van der Waals surface area contributed by atoms with Crippen LogP contribution in [0.15, 0.2) is 47.8 Å². The first kappa shape index (κ1) is 21.9. The minimum atomic E-state index is -0.714. The normalized spacial score (nSPS) is 15.0. The second-order valence-electron chi connectivity index (χ2n) is 7.33. The lowest BCUT2D eigenvalue weighted by molar-refractivity contribution is -0.147. The highest BCUT2D eigenvalue weighted by atomic mass is 32.1. The maximum Gasteiger partial charge on any atom is 0.328 e. The van der Waals surface area contributed by atoms with Crippen molar-refractivity contribution in [1.82, 2.24) is 5.32 Å². The van der Waals surface area contributed by atoms with E-state index in [2.05, 4.69) is 5.32 Å². The van der Waals surface area contributed by atoms with Crippen LogP contribution in [0.1, 0.15) is 38.0 Å². The third-order valence-corrected chi connectivity index (χ3v) is 6.51. The van der Waals surface area contributed by atoms with Gasteiger partial charge >= 0.3 is 5.97 Å². The minimum Gasteiger partial charge on any atom is -0.493 e. The zero-order valence-electron chi connectivity index (χ0n) is 17.8. The second-order valence-corrected chi connectivity index (χ2v) is 8.29. The molecule has 1 atom stereocenters. The van der Waals surface area contributed by atoms with Crippen LogP contribution in [0, 0.1) is 0 Å². The number of nitrogens with two attached hydrogens (primary N) is 1. The number of thiophene rings is 1. The smallest absolute Gasteiger partial charge is 0.328 e. The summed E-state index contributed by atoms with van der Waals surface area (Å²) in [6.07, 6.45) is 0.745. The molecule has 0 spiro atoms. The van der Waals surface area contributed by atoms with E-state index in [9.17, 15) is 9.59 Å². The monoisotopic (exact) mass is 452 g/mol. The van der Waals surface area contributed by atoms with Gasteiger partial charge in [-0.2, -0.15) is 0 Å². The molecule has 0 aliphatic carbocycles. The van der Waals surface area contributed by atoms with Crippen molar-refractivity contribution in [2.24, 2.45) is 0 Å². The predicted molar refractivity (Wildman–Crippen MR) is 122 cm³/mol. The van der Waals surface area contributed by atoms with Gasteiger partial charge in [0.25, 0.3) is 0 Å². The lowest BCUT2D eigenvalue weighted by Crippen LogP contribution is -2.36. The maximum absolute atomic E-state index is 13.4. The van der Waals surface area contributed by atoms with E-state index in [0.29, 0.717) is 40.4 Å². The number of ketones is 1. The third-order valence-electron chi connectivity index (χ3n) is 5.45. The quantitative estimate of drug-likeness (QED) is 0.321. The van der Waals surface area contributed by atoms with Gasteiger partial charge in [-0.05, 0) is 30.7 Å². The van der Waals surface area contributed by atoms with Crippen molar-refractivity contribution >= 4 is 28.8 Å². The molecule has 0 radical (unpaired) electrons. The number of fused-ring (bicyclic) bond motifs is 1. The summed E-state index contributed by atoms with van der Waals surface area (Å²) in [4.78, 5) is 27.3. The molecule has 1 unspecified atom stereocenters. The van der Waals surface area contributed by atoms with Crippen molar-refractivity contribution in [2.75, 3.05) is 26.5 Å². The molecular weight excluding hydrogens is 428 g/mol. The summed E-state index contributed by atoms with van der Waals surface area (Å²) >= 11 is 1.49. The number of esters is 1. The Bertz CT molecular complexity index is 1160. The summed E-state index contributed by atoms with van der Waals surface area (Å²) in [6.45, 7) is 0.701. The van der Waals surface area contributed by atoms with E-state index in [-0.39, 0.29) is 12.4 Å². The molecule has 0 fully saturated rings. The van der Waals surface area contributed by atoms with Gasteiger partial charge in [0.1, 0.15) is 12.6 Å². The van der Waals surface area contributed by atoms with E-state index < -0.39 is 12.0 Å². The number of anilines is 1. The molecule has 4 rings (SSSR count). The first-order chi connectivity index (χ1) is 15.5. The van der Waals surface area contributed by atoms with Gasteiger partial charge in [0.05, 0.1) is 14.2 Å². The van der Waals surface area contributed by atoms with Gasteiger partial charge in [-0.3, -0.25) is 4.79 Å². The molecule has 1 aromatic heterocycles. The average molecular weight is 453 g/mol. The van der Waals surface area contributed by atoms with Gasteiger partial charge in [-0.15, -0.1) is 11.3 Å². The number of hydrogen-bond acceptors (Lipinski definition) is 8. The van der Waals surface area contributed by atoms with E-state index in [1.807, 2.05) is 23.6 Å². The molecule has 3 N–H and O–H groups in total. The molecule has 3 aromatic rings. The Hall–Kier alpha value is -3.36. The lowest BCUT2D eigenvalue weighted by atomic mass is 9.93. The van der Waals surface area contributed by atoms with E-state index in [4.69, 9.17) is 19.9 Å². The standard InChI is InChI=1S/C24H24N2O5S/c1-29-18-8-7-14(11-19(18)30-2)23(27)16-13-32-20-9-10-26-22(21(16)20)24(28)31-12-15-5-3-4-6-17(15)25/h3-8,11,13,22,26H,9-10,12,25H2,1-2H3. The molecule has 0 bridgehead atoms. The molecule has 8 heteroatoms. The topological polar surface area (TPSA) is 99.9 Å². The molecule has 2 aromatic carbocycles. The molecule has 166 valence electrons. The van der Waals surface area contributed by atoms with E-state index in [1.54, 1.807) is 31.4 Å². The van der Waals surface area contributed by atoms with Crippen LogP contribution >= 0.6 is 11.3 Å². The summed E-state index contributed by atoms with van der Waals surface area (Å²) in [7, 11) is 3.06. The summed E-state index contributed by atoms with van der Waals surface area (Å²) in [5.74, 6) is 0.392. The van der Waals surface area contributed by atoms with Crippen molar-refractivity contribution in [3.8, 4) is 11.5 Å². The van der Waals surface area contributed by atoms with Crippen molar-refractivity contribution in [3.63, 3.8) is 0 Å². The highest BCUT2D eigenvalue weighted by Gasteiger charge is 2.33. The Kier molecular flexibility index (Phi) is 6.43. The predicted octanol–water partition coefficient (Wildman–Crippen LogP) is 3.51. The maximum atomic E-state index is 13.4. The first-order valence-electron chi connectivity index (χ1n) is 10.1. The number of para-hydroxylation sites is 1. The van der Waals surface area contributed by atoms with Crippen molar-refractivity contribution in [3.05, 3.63) is 75.0 Å². The Balaban J connectivity index is 1.60. The van der Waals surface area contributed by atoms with Crippen molar-refractivity contribution in [1.29, 1.82) is 0 Å². The lowest BCUT2D eigenvalue weighted by Gasteiger charge is -2.24. The van der Waals surface area contributed by atoms with Crippen LogP contribution in [-0.4, -0.2) is 32.5 Å². The number of benzene rings is 2. The molecule has 0 saturated heterocycles. The van der Waals surface area contributed by atoms with Gasteiger partial charge in [0.15, 0.2) is 17.3 Å². The minimum absolute atomic E-state index is 0.0715. The molecule has 0 amide bonds. The Morgan fingerprint density at radius 1 is 1.12 bits per heavy atom. The fraction of sp³-hybridized carbons (Fsp3) is 0.250. The van der Waals surface area contributed by atoms with E-state index in [0.717, 1.165) is 16.9 Å². The Labute approximate surface area is 190 Å². The SMILES string of the molecule is COc1ccc(C(=O)c2csc3c2C(C(=O)OCc2ccccc2N)NCC3)cc1OC. The van der Waals surface area contributed by atoms with Gasteiger partial charge in [-0.1, -0.05) is 18.2 Å². The molecule has 1 aliphatic heterocycles. The van der Waals surface area contributed by atoms with Crippen LogP contribution in [-0.2, 0) is 22.6 Å². The van der Waals surface area contributed by atoms with Crippen molar-refractivity contribution < 1.29 is 23.8 Å². The number of methoxy groups -OCH3 is 2. The first-order valence-corrected chi connectivity index (χ1v) is 11.0. The molecular formula is C24H24N2O5S. The zero-order chi connectivity index (χ0) is 22.7. The molecule has 1 aliphatic rings. The largest absolute Gasteiger partial charge is 0.493 e. The van der Waals surface area contributed by atoms with Crippen LogP contribution in [0.2, 0.25) is 0 Å². The van der Waals surface area contributed by atoms with Crippen LogP contribution in [0.3, 0.4) is 0 Å². The molecule has 7 nitrogen and oxygen atoms in total. The molecule has 0 saturated carbocycles. The van der Waals surface area contributed by atoms with Gasteiger partial charge in [0, 0.05) is 44.7 Å². The highest BCUT2D eigenvalue weighted by molar-refractivity contribution is 7.10. The molecule has 32 heavy (non-hydrogen) atoms. The number of nitrogen functional groups attached to an aromatic ring is 1. The number of rotatable bonds is 7. The summed E-state index contributed by atoms with van der Waals surface area (Å²) in [5, 5.41) is 5.02. The Morgan fingerprint density at radius 2 is 1.91 bits per heavy atom. The summed E-state index contributed by atoms with van der Waals surface area (Å²) in [5.41, 5.74) is 8.89. The number of ether oxygens (including phenoxy) is 3. The third kappa shape index (κ3) is 4.19. The average Bonchev–Trinajstić information content (AvgIpc) is 3.26. The fourth-order valence-electron chi connectivity index (χ4n) is 3.76. The van der Waals surface area contributed by atoms with Crippen molar-refractivity contribution in [2.45, 2.75) is 19.1 Å². The highest BCUT2D eigenvalue weighted by Crippen LogP contribution is 2.35. The number of hydrogen-bond donors (Lipinski definition) is 2. The zero-order valence-corrected chi connectivity index (χ0v) is 18.7. The molecule has 2 heterocycles. The number of carbonyl (C=O) groups is 2. The van der Waals surface area contributed by atoms with Crippen LogP contribution in [0.4, 0.5) is 5.69 Å². The van der Waals surface area contributed by atoms with E-state index >= 15 is 0 Å². The number of carbonyl (C=O) groups excluding carboxylic acids is 2. The fourth-order valence-corrected chi connectivity index (χ4v) is 4.83. The number of nitrogens with one attached hydrogen (secondary N) is 1. The van der Waals surface area contributed by atoms with Crippen LogP contribution in [0.5, 0.6) is 11.5 Å². The van der Waals surface area contributed by atoms with Crippen LogP contribution in [0.25, 0.3) is 0 Å². The Morgan fingerprint density at radius 3 is 2.66 bits per heavy atom.